The number of hydrogen-bond donors (Lipinski definition) is 0. The summed E-state index contributed by atoms with van der Waals surface area (Å²) in [6.45, 7) is 1.62. The molecule has 20 heavy (non-hydrogen) atoms. The predicted octanol–water partition coefficient (Wildman–Crippen LogP) is 1.40. The number of hydrogen-bond acceptors (Lipinski definition) is 3. The van der Waals surface area contributed by atoms with E-state index in [1.54, 1.807) is 39.5 Å². The fraction of sp³-hybridized carbons (Fsp3) is 0.308. The maximum atomic E-state index is 12.5. The first-order chi connectivity index (χ1) is 9.58. The van der Waals surface area contributed by atoms with E-state index in [9.17, 15) is 4.79 Å². The molecule has 7 heteroatoms. The van der Waals surface area contributed by atoms with Crippen molar-refractivity contribution < 1.29 is 4.79 Å². The third-order valence-corrected chi connectivity index (χ3v) is 3.60. The van der Waals surface area contributed by atoms with Gasteiger partial charge in [0.2, 0.25) is 0 Å². The SMILES string of the molecule is Cn1cc(Cl)cc1C(=O)N1CCn2nc(C#N)cc2C1. The fourth-order valence-electron chi connectivity index (χ4n) is 2.39. The number of aromatic nitrogens is 3. The fourth-order valence-corrected chi connectivity index (χ4v) is 2.64. The van der Waals surface area contributed by atoms with Crippen molar-refractivity contribution in [1.82, 2.24) is 19.2 Å². The Kier molecular flexibility index (Phi) is 2.99. The minimum absolute atomic E-state index is 0.0645. The van der Waals surface area contributed by atoms with E-state index in [4.69, 9.17) is 16.9 Å². The Morgan fingerprint density at radius 2 is 2.25 bits per heavy atom. The molecule has 0 fully saturated rings. The van der Waals surface area contributed by atoms with E-state index in [0.717, 1.165) is 5.69 Å². The molecule has 0 saturated heterocycles. The zero-order chi connectivity index (χ0) is 14.3. The molecule has 0 atom stereocenters. The maximum absolute atomic E-state index is 12.5. The quantitative estimate of drug-likeness (QED) is 0.797. The average molecular weight is 290 g/mol. The van der Waals surface area contributed by atoms with E-state index in [0.29, 0.717) is 36.0 Å². The second-order valence-corrected chi connectivity index (χ2v) is 5.17. The summed E-state index contributed by atoms with van der Waals surface area (Å²) in [4.78, 5) is 14.2. The molecule has 6 nitrogen and oxygen atoms in total. The van der Waals surface area contributed by atoms with Gasteiger partial charge < -0.3 is 9.47 Å². The van der Waals surface area contributed by atoms with E-state index in [2.05, 4.69) is 5.10 Å². The van der Waals surface area contributed by atoms with Crippen LogP contribution in [0.5, 0.6) is 0 Å². The van der Waals surface area contributed by atoms with Crippen LogP contribution in [0.2, 0.25) is 5.02 Å². The third-order valence-electron chi connectivity index (χ3n) is 3.39. The second kappa shape index (κ2) is 4.69. The summed E-state index contributed by atoms with van der Waals surface area (Å²) in [5.74, 6) is -0.0645. The lowest BCUT2D eigenvalue weighted by Gasteiger charge is -2.27. The standard InChI is InChI=1S/C13H12ClN5O/c1-17-7-9(14)4-12(17)13(20)18-2-3-19-11(8-18)5-10(6-15)16-19/h4-5,7H,2-3,8H2,1H3. The highest BCUT2D eigenvalue weighted by atomic mass is 35.5. The number of amides is 1. The van der Waals surface area contributed by atoms with Crippen LogP contribution in [-0.2, 0) is 20.1 Å². The average Bonchev–Trinajstić information content (AvgIpc) is 2.99. The van der Waals surface area contributed by atoms with Crippen molar-refractivity contribution in [3.63, 3.8) is 0 Å². The van der Waals surface area contributed by atoms with E-state index in [1.165, 1.54) is 0 Å². The van der Waals surface area contributed by atoms with Crippen molar-refractivity contribution in [1.29, 1.82) is 5.26 Å². The molecule has 0 saturated carbocycles. The molecular formula is C13H12ClN5O. The number of nitrogens with zero attached hydrogens (tertiary/aromatic N) is 5. The number of fused-ring (bicyclic) bond motifs is 1. The lowest BCUT2D eigenvalue weighted by Crippen LogP contribution is -2.39. The van der Waals surface area contributed by atoms with Crippen molar-refractivity contribution in [2.24, 2.45) is 7.05 Å². The van der Waals surface area contributed by atoms with Crippen LogP contribution in [0.3, 0.4) is 0 Å². The van der Waals surface area contributed by atoms with Gasteiger partial charge in [-0.25, -0.2) is 0 Å². The Labute approximate surface area is 120 Å². The third kappa shape index (κ3) is 2.06. The van der Waals surface area contributed by atoms with Gasteiger partial charge in [-0.1, -0.05) is 11.6 Å². The number of rotatable bonds is 1. The van der Waals surface area contributed by atoms with E-state index in [-0.39, 0.29) is 5.91 Å². The first-order valence-electron chi connectivity index (χ1n) is 6.16. The molecule has 0 radical (unpaired) electrons. The molecule has 1 aliphatic heterocycles. The van der Waals surface area contributed by atoms with Crippen molar-refractivity contribution in [3.05, 3.63) is 40.4 Å². The van der Waals surface area contributed by atoms with Gasteiger partial charge in [-0.15, -0.1) is 0 Å². The largest absolute Gasteiger partial charge is 0.345 e. The Morgan fingerprint density at radius 1 is 1.45 bits per heavy atom. The van der Waals surface area contributed by atoms with Crippen LogP contribution in [0.25, 0.3) is 0 Å². The van der Waals surface area contributed by atoms with Crippen LogP contribution in [0.4, 0.5) is 0 Å². The number of carbonyl (C=O) groups excluding carboxylic acids is 1. The zero-order valence-electron chi connectivity index (χ0n) is 10.9. The minimum Gasteiger partial charge on any atom is -0.345 e. The number of halogens is 1. The van der Waals surface area contributed by atoms with Gasteiger partial charge in [0.1, 0.15) is 11.8 Å². The van der Waals surface area contributed by atoms with E-state index in [1.807, 2.05) is 6.07 Å². The highest BCUT2D eigenvalue weighted by Crippen LogP contribution is 2.19. The summed E-state index contributed by atoms with van der Waals surface area (Å²) in [6.07, 6.45) is 1.71. The summed E-state index contributed by atoms with van der Waals surface area (Å²) in [7, 11) is 1.79. The molecule has 2 aromatic heterocycles. The molecule has 0 bridgehead atoms. The van der Waals surface area contributed by atoms with Gasteiger partial charge in [0.15, 0.2) is 5.69 Å². The van der Waals surface area contributed by atoms with Crippen LogP contribution >= 0.6 is 11.6 Å². The Balaban J connectivity index is 1.85. The van der Waals surface area contributed by atoms with Crippen molar-refractivity contribution in [2.45, 2.75) is 13.1 Å². The molecule has 0 unspecified atom stereocenters. The predicted molar refractivity (Wildman–Crippen MR) is 72.1 cm³/mol. The van der Waals surface area contributed by atoms with Crippen LogP contribution in [0.15, 0.2) is 18.3 Å². The normalized spacial score (nSPS) is 13.9. The molecule has 3 rings (SSSR count). The van der Waals surface area contributed by atoms with Gasteiger partial charge in [0, 0.05) is 19.8 Å². The van der Waals surface area contributed by atoms with Crippen molar-refractivity contribution >= 4 is 17.5 Å². The molecular weight excluding hydrogens is 278 g/mol. The monoisotopic (exact) mass is 289 g/mol. The van der Waals surface area contributed by atoms with Crippen LogP contribution in [-0.4, -0.2) is 31.7 Å². The Bertz CT molecular complexity index is 724. The maximum Gasteiger partial charge on any atom is 0.270 e. The van der Waals surface area contributed by atoms with Gasteiger partial charge in [0.25, 0.3) is 5.91 Å². The molecule has 0 N–H and O–H groups in total. The molecule has 102 valence electrons. The molecule has 3 heterocycles. The molecule has 0 spiro atoms. The minimum atomic E-state index is -0.0645. The summed E-state index contributed by atoms with van der Waals surface area (Å²) in [5.41, 5.74) is 1.82. The van der Waals surface area contributed by atoms with E-state index < -0.39 is 0 Å². The highest BCUT2D eigenvalue weighted by molar-refractivity contribution is 6.31. The van der Waals surface area contributed by atoms with Gasteiger partial charge >= 0.3 is 0 Å². The smallest absolute Gasteiger partial charge is 0.270 e. The summed E-state index contributed by atoms with van der Waals surface area (Å²) >= 11 is 5.91. The summed E-state index contributed by atoms with van der Waals surface area (Å²) < 4.78 is 3.50. The Morgan fingerprint density at radius 3 is 2.90 bits per heavy atom. The van der Waals surface area contributed by atoms with Gasteiger partial charge in [0.05, 0.1) is 23.8 Å². The molecule has 1 aliphatic rings. The Hall–Kier alpha value is -2.26. The lowest BCUT2D eigenvalue weighted by molar-refractivity contribution is 0.0696. The van der Waals surface area contributed by atoms with Gasteiger partial charge in [-0.3, -0.25) is 9.48 Å². The number of aryl methyl sites for hydroxylation is 1. The van der Waals surface area contributed by atoms with Crippen molar-refractivity contribution in [2.75, 3.05) is 6.54 Å². The highest BCUT2D eigenvalue weighted by Gasteiger charge is 2.24. The molecule has 2 aromatic rings. The van der Waals surface area contributed by atoms with Crippen LogP contribution < -0.4 is 0 Å². The van der Waals surface area contributed by atoms with Gasteiger partial charge in [-0.2, -0.15) is 10.4 Å². The van der Waals surface area contributed by atoms with Crippen LogP contribution in [0.1, 0.15) is 21.9 Å². The van der Waals surface area contributed by atoms with E-state index >= 15 is 0 Å². The summed E-state index contributed by atoms with van der Waals surface area (Å²) in [5, 5.41) is 13.5. The first-order valence-corrected chi connectivity index (χ1v) is 6.54. The lowest BCUT2D eigenvalue weighted by atomic mass is 10.2. The second-order valence-electron chi connectivity index (χ2n) is 4.74. The summed E-state index contributed by atoms with van der Waals surface area (Å²) in [6, 6.07) is 5.40. The van der Waals surface area contributed by atoms with Crippen LogP contribution in [0, 0.1) is 11.3 Å². The topological polar surface area (TPSA) is 66.8 Å². The van der Waals surface area contributed by atoms with Gasteiger partial charge in [-0.05, 0) is 12.1 Å². The zero-order valence-corrected chi connectivity index (χ0v) is 11.6. The molecule has 1 amide bonds. The molecule has 0 aromatic carbocycles. The molecule has 0 aliphatic carbocycles. The van der Waals surface area contributed by atoms with Crippen molar-refractivity contribution in [3.8, 4) is 6.07 Å². The number of carbonyl (C=O) groups is 1. The first kappa shape index (κ1) is 12.8. The number of nitriles is 1.